The standard InChI is InChI=1S/C20H23FN2O2/c21-18-7-5-15(6-8-18)19(24)16-9-11-23(12-10-16)13-14-1-3-17(4-2-14)20(22)25/h1-8,16,19,24H,9-13H2,(H2,22,25). The van der Waals surface area contributed by atoms with Gasteiger partial charge in [-0.3, -0.25) is 9.69 Å². The Bertz CT molecular complexity index is 707. The van der Waals surface area contributed by atoms with Crippen LogP contribution in [0.4, 0.5) is 4.39 Å². The third-order valence-electron chi connectivity index (χ3n) is 4.93. The Morgan fingerprint density at radius 3 is 2.28 bits per heavy atom. The van der Waals surface area contributed by atoms with Gasteiger partial charge in [-0.1, -0.05) is 24.3 Å². The number of likely N-dealkylation sites (tertiary alicyclic amines) is 1. The van der Waals surface area contributed by atoms with Crippen LogP contribution in [0.25, 0.3) is 0 Å². The quantitative estimate of drug-likeness (QED) is 0.878. The Morgan fingerprint density at radius 2 is 1.72 bits per heavy atom. The van der Waals surface area contributed by atoms with Crippen LogP contribution in [0.3, 0.4) is 0 Å². The first-order valence-corrected chi connectivity index (χ1v) is 8.57. The molecule has 0 spiro atoms. The highest BCUT2D eigenvalue weighted by Gasteiger charge is 2.26. The van der Waals surface area contributed by atoms with Gasteiger partial charge < -0.3 is 10.8 Å². The second-order valence-electron chi connectivity index (χ2n) is 6.67. The van der Waals surface area contributed by atoms with Crippen molar-refractivity contribution in [3.63, 3.8) is 0 Å². The molecule has 1 atom stereocenters. The van der Waals surface area contributed by atoms with Crippen LogP contribution in [0.5, 0.6) is 0 Å². The number of primary amides is 1. The molecule has 0 bridgehead atoms. The highest BCUT2D eigenvalue weighted by Crippen LogP contribution is 2.31. The maximum absolute atomic E-state index is 13.0. The van der Waals surface area contributed by atoms with Crippen molar-refractivity contribution in [1.82, 2.24) is 4.90 Å². The molecular weight excluding hydrogens is 319 g/mol. The van der Waals surface area contributed by atoms with Crippen molar-refractivity contribution in [2.24, 2.45) is 11.7 Å². The lowest BCUT2D eigenvalue weighted by atomic mass is 9.87. The molecule has 1 aliphatic heterocycles. The van der Waals surface area contributed by atoms with E-state index in [1.165, 1.54) is 12.1 Å². The Labute approximate surface area is 147 Å². The minimum Gasteiger partial charge on any atom is -0.388 e. The van der Waals surface area contributed by atoms with Gasteiger partial charge in [-0.15, -0.1) is 0 Å². The molecule has 132 valence electrons. The summed E-state index contributed by atoms with van der Waals surface area (Å²) in [7, 11) is 0. The number of carbonyl (C=O) groups excluding carboxylic acids is 1. The summed E-state index contributed by atoms with van der Waals surface area (Å²) in [6.45, 7) is 2.62. The van der Waals surface area contributed by atoms with Gasteiger partial charge in [0.1, 0.15) is 5.82 Å². The van der Waals surface area contributed by atoms with Crippen molar-refractivity contribution in [3.05, 3.63) is 71.0 Å². The van der Waals surface area contributed by atoms with Crippen LogP contribution >= 0.6 is 0 Å². The summed E-state index contributed by atoms with van der Waals surface area (Å²) in [6.07, 6.45) is 1.26. The van der Waals surface area contributed by atoms with Gasteiger partial charge in [0.2, 0.25) is 5.91 Å². The van der Waals surface area contributed by atoms with Crippen molar-refractivity contribution in [3.8, 4) is 0 Å². The molecule has 4 nitrogen and oxygen atoms in total. The number of benzene rings is 2. The number of nitrogens with zero attached hydrogens (tertiary/aromatic N) is 1. The molecule has 0 aliphatic carbocycles. The number of aliphatic hydroxyl groups is 1. The van der Waals surface area contributed by atoms with Crippen molar-refractivity contribution >= 4 is 5.91 Å². The summed E-state index contributed by atoms with van der Waals surface area (Å²) < 4.78 is 13.0. The minimum absolute atomic E-state index is 0.193. The summed E-state index contributed by atoms with van der Waals surface area (Å²) in [6, 6.07) is 13.5. The van der Waals surface area contributed by atoms with Gasteiger partial charge in [-0.25, -0.2) is 4.39 Å². The molecule has 3 rings (SSSR count). The molecule has 3 N–H and O–H groups in total. The summed E-state index contributed by atoms with van der Waals surface area (Å²) in [4.78, 5) is 13.4. The van der Waals surface area contributed by atoms with Gasteiger partial charge in [0, 0.05) is 12.1 Å². The van der Waals surface area contributed by atoms with Crippen molar-refractivity contribution < 1.29 is 14.3 Å². The van der Waals surface area contributed by atoms with Gasteiger partial charge in [-0.2, -0.15) is 0 Å². The molecule has 1 fully saturated rings. The number of aliphatic hydroxyl groups excluding tert-OH is 1. The predicted molar refractivity (Wildman–Crippen MR) is 94.3 cm³/mol. The van der Waals surface area contributed by atoms with E-state index in [0.717, 1.165) is 43.6 Å². The molecule has 1 amide bonds. The molecule has 0 aromatic heterocycles. The van der Waals surface area contributed by atoms with Gasteiger partial charge in [0.05, 0.1) is 6.10 Å². The second-order valence-corrected chi connectivity index (χ2v) is 6.67. The lowest BCUT2D eigenvalue weighted by Crippen LogP contribution is -2.35. The maximum Gasteiger partial charge on any atom is 0.248 e. The molecule has 0 saturated carbocycles. The Kier molecular flexibility index (Phi) is 5.46. The highest BCUT2D eigenvalue weighted by atomic mass is 19.1. The van der Waals surface area contributed by atoms with Crippen molar-refractivity contribution in [1.29, 1.82) is 0 Å². The monoisotopic (exact) mass is 342 g/mol. The fourth-order valence-electron chi connectivity index (χ4n) is 3.39. The van der Waals surface area contributed by atoms with E-state index in [9.17, 15) is 14.3 Å². The van der Waals surface area contributed by atoms with Gasteiger partial charge >= 0.3 is 0 Å². The Hall–Kier alpha value is -2.24. The number of amides is 1. The topological polar surface area (TPSA) is 66.6 Å². The van der Waals surface area contributed by atoms with Gasteiger partial charge in [0.15, 0.2) is 0 Å². The molecule has 1 heterocycles. The van der Waals surface area contributed by atoms with E-state index >= 15 is 0 Å². The normalized spacial score (nSPS) is 17.4. The second kappa shape index (κ2) is 7.76. The molecule has 5 heteroatoms. The van der Waals surface area contributed by atoms with Crippen LogP contribution in [-0.2, 0) is 6.54 Å². The maximum atomic E-state index is 13.0. The lowest BCUT2D eigenvalue weighted by molar-refractivity contribution is 0.0567. The smallest absolute Gasteiger partial charge is 0.248 e. The fourth-order valence-corrected chi connectivity index (χ4v) is 3.39. The highest BCUT2D eigenvalue weighted by molar-refractivity contribution is 5.92. The number of carbonyl (C=O) groups is 1. The van der Waals surface area contributed by atoms with Crippen molar-refractivity contribution in [2.75, 3.05) is 13.1 Å². The van der Waals surface area contributed by atoms with E-state index in [-0.39, 0.29) is 11.7 Å². The number of halogens is 1. The number of hydrogen-bond acceptors (Lipinski definition) is 3. The first-order valence-electron chi connectivity index (χ1n) is 8.57. The van der Waals surface area contributed by atoms with E-state index in [1.807, 2.05) is 12.1 Å². The summed E-state index contributed by atoms with van der Waals surface area (Å²) >= 11 is 0. The third kappa shape index (κ3) is 4.44. The van der Waals surface area contributed by atoms with E-state index in [0.29, 0.717) is 5.56 Å². The van der Waals surface area contributed by atoms with E-state index in [1.54, 1.807) is 24.3 Å². The van der Waals surface area contributed by atoms with E-state index in [4.69, 9.17) is 5.73 Å². The summed E-state index contributed by atoms with van der Waals surface area (Å²) in [5.74, 6) is -0.505. The molecular formula is C20H23FN2O2. The van der Waals surface area contributed by atoms with Crippen LogP contribution in [0.15, 0.2) is 48.5 Å². The molecule has 2 aromatic carbocycles. The minimum atomic E-state index is -0.544. The zero-order valence-corrected chi connectivity index (χ0v) is 14.1. The fraction of sp³-hybridized carbons (Fsp3) is 0.350. The average Bonchev–Trinajstić information content (AvgIpc) is 2.63. The van der Waals surface area contributed by atoms with Gasteiger partial charge in [-0.05, 0) is 67.2 Å². The molecule has 0 radical (unpaired) electrons. The predicted octanol–water partition coefficient (Wildman–Crippen LogP) is 2.87. The first-order chi connectivity index (χ1) is 12.0. The molecule has 1 saturated heterocycles. The van der Waals surface area contributed by atoms with Crippen LogP contribution in [-0.4, -0.2) is 29.0 Å². The average molecular weight is 342 g/mol. The number of hydrogen-bond donors (Lipinski definition) is 2. The van der Waals surface area contributed by atoms with Crippen LogP contribution in [0, 0.1) is 11.7 Å². The molecule has 2 aromatic rings. The number of rotatable bonds is 5. The largest absolute Gasteiger partial charge is 0.388 e. The van der Waals surface area contributed by atoms with Crippen molar-refractivity contribution in [2.45, 2.75) is 25.5 Å². The molecule has 1 unspecified atom stereocenters. The SMILES string of the molecule is NC(=O)c1ccc(CN2CCC(C(O)c3ccc(F)cc3)CC2)cc1. The zero-order chi connectivity index (χ0) is 17.8. The van der Waals surface area contributed by atoms with Crippen LogP contribution in [0.1, 0.15) is 40.4 Å². The molecule has 25 heavy (non-hydrogen) atoms. The number of piperidine rings is 1. The first kappa shape index (κ1) is 17.6. The number of nitrogens with two attached hydrogens (primary N) is 1. The van der Waals surface area contributed by atoms with E-state index < -0.39 is 12.0 Å². The third-order valence-corrected chi connectivity index (χ3v) is 4.93. The summed E-state index contributed by atoms with van der Waals surface area (Å²) in [5, 5.41) is 10.5. The lowest BCUT2D eigenvalue weighted by Gasteiger charge is -2.34. The summed E-state index contributed by atoms with van der Waals surface area (Å²) in [5.41, 5.74) is 7.69. The van der Waals surface area contributed by atoms with Gasteiger partial charge in [0.25, 0.3) is 0 Å². The van der Waals surface area contributed by atoms with Crippen LogP contribution in [0.2, 0.25) is 0 Å². The zero-order valence-electron chi connectivity index (χ0n) is 14.1. The Morgan fingerprint density at radius 1 is 1.12 bits per heavy atom. The Balaban J connectivity index is 1.53. The molecule has 1 aliphatic rings. The van der Waals surface area contributed by atoms with Crippen LogP contribution < -0.4 is 5.73 Å². The van der Waals surface area contributed by atoms with E-state index in [2.05, 4.69) is 4.90 Å².